The Labute approximate surface area is 169 Å². The van der Waals surface area contributed by atoms with E-state index in [-0.39, 0.29) is 24.5 Å². The Balaban J connectivity index is 1.95. The standard InChI is InChI=1S/C17H22BrN3O4S2/c1-14-11-16(6-7-17(14)18)27(24,25)20-9-4-10-21(26(2,22)23)13-15-5-3-8-19-12-15/h3,5-8,11-12,20H,4,9-10,13H2,1-2H3. The van der Waals surface area contributed by atoms with Crippen molar-refractivity contribution in [1.29, 1.82) is 0 Å². The van der Waals surface area contributed by atoms with Crippen molar-refractivity contribution in [1.82, 2.24) is 14.0 Å². The van der Waals surface area contributed by atoms with Crippen LogP contribution in [-0.2, 0) is 26.6 Å². The SMILES string of the molecule is Cc1cc(S(=O)(=O)NCCCN(Cc2cccnc2)S(C)(=O)=O)ccc1Br. The molecule has 0 radical (unpaired) electrons. The van der Waals surface area contributed by atoms with Crippen LogP contribution in [0.1, 0.15) is 17.5 Å². The van der Waals surface area contributed by atoms with Crippen molar-refractivity contribution in [2.75, 3.05) is 19.3 Å². The van der Waals surface area contributed by atoms with Gasteiger partial charge < -0.3 is 0 Å². The zero-order chi connectivity index (χ0) is 20.1. The number of halogens is 1. The minimum Gasteiger partial charge on any atom is -0.264 e. The fourth-order valence-electron chi connectivity index (χ4n) is 2.39. The number of hydrogen-bond donors (Lipinski definition) is 1. The van der Waals surface area contributed by atoms with Crippen LogP contribution < -0.4 is 4.72 Å². The molecule has 0 aliphatic rings. The van der Waals surface area contributed by atoms with Crippen LogP contribution in [0.25, 0.3) is 0 Å². The second kappa shape index (κ2) is 9.24. The lowest BCUT2D eigenvalue weighted by Crippen LogP contribution is -2.33. The maximum absolute atomic E-state index is 12.4. The Bertz CT molecular complexity index is 980. The van der Waals surface area contributed by atoms with Gasteiger partial charge in [-0.2, -0.15) is 4.31 Å². The summed E-state index contributed by atoms with van der Waals surface area (Å²) in [7, 11) is -7.06. The van der Waals surface area contributed by atoms with E-state index in [0.717, 1.165) is 21.9 Å². The van der Waals surface area contributed by atoms with Crippen molar-refractivity contribution in [2.45, 2.75) is 24.8 Å². The van der Waals surface area contributed by atoms with Crippen LogP contribution in [0.15, 0.2) is 52.1 Å². The van der Waals surface area contributed by atoms with Gasteiger partial charge in [-0.25, -0.2) is 21.6 Å². The van der Waals surface area contributed by atoms with E-state index in [0.29, 0.717) is 6.42 Å². The molecule has 0 unspecified atom stereocenters. The van der Waals surface area contributed by atoms with Gasteiger partial charge in [0.2, 0.25) is 20.0 Å². The molecule has 7 nitrogen and oxygen atoms in total. The highest BCUT2D eigenvalue weighted by molar-refractivity contribution is 9.10. The van der Waals surface area contributed by atoms with Gasteiger partial charge in [0.1, 0.15) is 0 Å². The van der Waals surface area contributed by atoms with Crippen LogP contribution in [0.3, 0.4) is 0 Å². The molecule has 0 bridgehead atoms. The zero-order valence-corrected chi connectivity index (χ0v) is 18.3. The Hall–Kier alpha value is -1.33. The van der Waals surface area contributed by atoms with Gasteiger partial charge in [0.05, 0.1) is 11.2 Å². The quantitative estimate of drug-likeness (QED) is 0.561. The zero-order valence-electron chi connectivity index (χ0n) is 15.1. The van der Waals surface area contributed by atoms with E-state index in [4.69, 9.17) is 0 Å². The lowest BCUT2D eigenvalue weighted by molar-refractivity contribution is 0.403. The number of aryl methyl sites for hydroxylation is 1. The number of rotatable bonds is 9. The summed E-state index contributed by atoms with van der Waals surface area (Å²) in [6.07, 6.45) is 4.71. The third-order valence-corrected chi connectivity index (χ3v) is 7.46. The molecule has 0 aliphatic carbocycles. The van der Waals surface area contributed by atoms with Gasteiger partial charge in [-0.3, -0.25) is 4.98 Å². The molecule has 2 rings (SSSR count). The third-order valence-electron chi connectivity index (χ3n) is 3.87. The number of nitrogens with one attached hydrogen (secondary N) is 1. The molecule has 0 atom stereocenters. The third kappa shape index (κ3) is 6.65. The molecule has 0 amide bonds. The normalized spacial score (nSPS) is 12.4. The fraction of sp³-hybridized carbons (Fsp3) is 0.353. The topological polar surface area (TPSA) is 96.4 Å². The van der Waals surface area contributed by atoms with Crippen LogP contribution in [0.5, 0.6) is 0 Å². The summed E-state index contributed by atoms with van der Waals surface area (Å²) >= 11 is 3.34. The fourth-order valence-corrected chi connectivity index (χ4v) is 4.64. The van der Waals surface area contributed by atoms with Gasteiger partial charge in [-0.15, -0.1) is 0 Å². The summed E-state index contributed by atoms with van der Waals surface area (Å²) in [5.41, 5.74) is 1.59. The van der Waals surface area contributed by atoms with Crippen LogP contribution >= 0.6 is 15.9 Å². The molecule has 0 spiro atoms. The molecule has 148 valence electrons. The maximum atomic E-state index is 12.4. The van der Waals surface area contributed by atoms with E-state index in [1.165, 1.54) is 10.4 Å². The summed E-state index contributed by atoms with van der Waals surface area (Å²) in [4.78, 5) is 4.16. The average molecular weight is 476 g/mol. The lowest BCUT2D eigenvalue weighted by atomic mass is 10.2. The van der Waals surface area contributed by atoms with Crippen LogP contribution in [0.2, 0.25) is 0 Å². The lowest BCUT2D eigenvalue weighted by Gasteiger charge is -2.20. The number of aromatic nitrogens is 1. The smallest absolute Gasteiger partial charge is 0.240 e. The molecular weight excluding hydrogens is 454 g/mol. The predicted octanol–water partition coefficient (Wildman–Crippen LogP) is 2.28. The minimum atomic E-state index is -3.64. The van der Waals surface area contributed by atoms with Crippen LogP contribution in [0.4, 0.5) is 0 Å². The predicted molar refractivity (Wildman–Crippen MR) is 108 cm³/mol. The van der Waals surface area contributed by atoms with E-state index in [1.807, 2.05) is 6.92 Å². The molecule has 1 aromatic carbocycles. The molecule has 2 aromatic rings. The van der Waals surface area contributed by atoms with E-state index < -0.39 is 20.0 Å². The van der Waals surface area contributed by atoms with Gasteiger partial charge in [0.25, 0.3) is 0 Å². The molecule has 0 saturated heterocycles. The van der Waals surface area contributed by atoms with Crippen LogP contribution in [-0.4, -0.2) is 45.5 Å². The summed E-state index contributed by atoms with van der Waals surface area (Å²) < 4.78 is 53.3. The minimum absolute atomic E-state index is 0.135. The number of pyridine rings is 1. The number of benzene rings is 1. The summed E-state index contributed by atoms with van der Waals surface area (Å²) in [5, 5.41) is 0. The van der Waals surface area contributed by atoms with Crippen molar-refractivity contribution in [2.24, 2.45) is 0 Å². The van der Waals surface area contributed by atoms with Crippen molar-refractivity contribution in [3.05, 3.63) is 58.3 Å². The van der Waals surface area contributed by atoms with E-state index in [1.54, 1.807) is 36.7 Å². The van der Waals surface area contributed by atoms with Gasteiger partial charge in [0, 0.05) is 36.5 Å². The van der Waals surface area contributed by atoms with Crippen molar-refractivity contribution in [3.8, 4) is 0 Å². The van der Waals surface area contributed by atoms with E-state index >= 15 is 0 Å². The second-order valence-electron chi connectivity index (χ2n) is 6.12. The Morgan fingerprint density at radius 1 is 1.19 bits per heavy atom. The molecule has 0 fully saturated rings. The first kappa shape index (κ1) is 22.0. The first-order valence-corrected chi connectivity index (χ1v) is 12.3. The molecule has 0 saturated carbocycles. The highest BCUT2D eigenvalue weighted by Gasteiger charge is 2.18. The Kier molecular flexibility index (Phi) is 7.52. The maximum Gasteiger partial charge on any atom is 0.240 e. The largest absolute Gasteiger partial charge is 0.264 e. The van der Waals surface area contributed by atoms with Gasteiger partial charge in [-0.05, 0) is 48.7 Å². The number of sulfonamides is 2. The summed E-state index contributed by atoms with van der Waals surface area (Å²) in [6.45, 7) is 2.35. The first-order chi connectivity index (χ1) is 12.6. The number of hydrogen-bond acceptors (Lipinski definition) is 5. The van der Waals surface area contributed by atoms with Gasteiger partial charge in [-0.1, -0.05) is 22.0 Å². The van der Waals surface area contributed by atoms with E-state index in [9.17, 15) is 16.8 Å². The number of nitrogens with zero attached hydrogens (tertiary/aromatic N) is 2. The molecule has 1 aromatic heterocycles. The highest BCUT2D eigenvalue weighted by Crippen LogP contribution is 2.19. The van der Waals surface area contributed by atoms with Gasteiger partial charge >= 0.3 is 0 Å². The highest BCUT2D eigenvalue weighted by atomic mass is 79.9. The van der Waals surface area contributed by atoms with Crippen LogP contribution in [0, 0.1) is 6.92 Å². The Morgan fingerprint density at radius 2 is 1.93 bits per heavy atom. The molecule has 27 heavy (non-hydrogen) atoms. The summed E-state index contributed by atoms with van der Waals surface area (Å²) in [6, 6.07) is 8.32. The summed E-state index contributed by atoms with van der Waals surface area (Å²) in [5.74, 6) is 0. The monoisotopic (exact) mass is 475 g/mol. The molecule has 0 aliphatic heterocycles. The van der Waals surface area contributed by atoms with Crippen molar-refractivity contribution < 1.29 is 16.8 Å². The molecule has 1 heterocycles. The van der Waals surface area contributed by atoms with Crippen molar-refractivity contribution >= 4 is 36.0 Å². The van der Waals surface area contributed by atoms with Gasteiger partial charge in [0.15, 0.2) is 0 Å². The first-order valence-electron chi connectivity index (χ1n) is 8.19. The van der Waals surface area contributed by atoms with E-state index in [2.05, 4.69) is 25.6 Å². The molecule has 1 N–H and O–H groups in total. The van der Waals surface area contributed by atoms with Crippen molar-refractivity contribution in [3.63, 3.8) is 0 Å². The Morgan fingerprint density at radius 3 is 2.52 bits per heavy atom. The molecular formula is C17H22BrN3O4S2. The second-order valence-corrected chi connectivity index (χ2v) is 10.7. The molecule has 10 heteroatoms. The average Bonchev–Trinajstić information content (AvgIpc) is 2.60.